The van der Waals surface area contributed by atoms with Crippen LogP contribution in [0.3, 0.4) is 0 Å². The quantitative estimate of drug-likeness (QED) is 0.860. The fourth-order valence-corrected chi connectivity index (χ4v) is 1.53. The van der Waals surface area contributed by atoms with E-state index in [9.17, 15) is 4.79 Å². The molecule has 1 unspecified atom stereocenters. The number of aliphatic carboxylic acids is 1. The molecule has 0 aliphatic rings. The molecule has 1 atom stereocenters. The van der Waals surface area contributed by atoms with Crippen LogP contribution in [-0.2, 0) is 4.79 Å². The predicted molar refractivity (Wildman–Crippen MR) is 65.7 cm³/mol. The summed E-state index contributed by atoms with van der Waals surface area (Å²) in [5.74, 6) is -0.870. The van der Waals surface area contributed by atoms with E-state index in [1.165, 1.54) is 6.33 Å². The molecule has 0 spiro atoms. The number of carbonyl (C=O) groups is 1. The molecule has 94 valence electrons. The summed E-state index contributed by atoms with van der Waals surface area (Å²) in [5, 5.41) is 9.79. The maximum absolute atomic E-state index is 10.6. The maximum atomic E-state index is 10.6. The summed E-state index contributed by atoms with van der Waals surface area (Å²) in [7, 11) is 0. The van der Waals surface area contributed by atoms with Gasteiger partial charge in [0.25, 0.3) is 0 Å². The van der Waals surface area contributed by atoms with Gasteiger partial charge in [-0.3, -0.25) is 4.79 Å². The van der Waals surface area contributed by atoms with E-state index in [2.05, 4.69) is 9.97 Å². The monoisotopic (exact) mass is 267 g/mol. The number of benzene rings is 1. The normalized spacial score (nSPS) is 12.3. The van der Waals surface area contributed by atoms with Crippen molar-refractivity contribution in [3.63, 3.8) is 0 Å². The number of fused-ring (bicyclic) bond motifs is 1. The number of hydrogen-bond donors (Lipinski definition) is 2. The number of rotatable bonds is 4. The Balaban J connectivity index is 2.27. The average Bonchev–Trinajstić information content (AvgIpc) is 2.35. The molecule has 0 aliphatic carbocycles. The lowest BCUT2D eigenvalue weighted by atomic mass is 10.2. The second kappa shape index (κ2) is 5.16. The number of ether oxygens (including phenoxy) is 1. The van der Waals surface area contributed by atoms with E-state index in [1.54, 1.807) is 18.2 Å². The largest absolute Gasteiger partial charge is 0.480 e. The molecule has 2 aromatic rings. The lowest BCUT2D eigenvalue weighted by Gasteiger charge is -2.10. The van der Waals surface area contributed by atoms with Gasteiger partial charge in [-0.2, -0.15) is 0 Å². The van der Waals surface area contributed by atoms with Crippen LogP contribution in [0.4, 0.5) is 0 Å². The zero-order chi connectivity index (χ0) is 13.1. The van der Waals surface area contributed by atoms with Gasteiger partial charge in [-0.15, -0.1) is 0 Å². The molecule has 0 fully saturated rings. The number of carboxylic acid groups (broad SMARTS) is 1. The van der Waals surface area contributed by atoms with Crippen LogP contribution in [0.2, 0.25) is 5.02 Å². The number of hydrogen-bond acceptors (Lipinski definition) is 5. The molecule has 0 saturated heterocycles. The maximum Gasteiger partial charge on any atom is 0.324 e. The molecule has 1 aromatic heterocycles. The summed E-state index contributed by atoms with van der Waals surface area (Å²) >= 11 is 5.87. The van der Waals surface area contributed by atoms with Gasteiger partial charge in [0, 0.05) is 5.02 Å². The zero-order valence-electron chi connectivity index (χ0n) is 9.21. The third-order valence-electron chi connectivity index (χ3n) is 2.28. The summed E-state index contributed by atoms with van der Waals surface area (Å²) in [6.45, 7) is -0.173. The Morgan fingerprint density at radius 1 is 1.50 bits per heavy atom. The first-order valence-electron chi connectivity index (χ1n) is 5.09. The molecule has 2 rings (SSSR count). The van der Waals surface area contributed by atoms with Crippen molar-refractivity contribution >= 4 is 28.5 Å². The molecular formula is C11H10ClN3O3. The van der Waals surface area contributed by atoms with Crippen molar-refractivity contribution in [2.75, 3.05) is 6.61 Å². The summed E-state index contributed by atoms with van der Waals surface area (Å²) < 4.78 is 5.28. The summed E-state index contributed by atoms with van der Waals surface area (Å²) in [6, 6.07) is 3.97. The van der Waals surface area contributed by atoms with Crippen molar-refractivity contribution in [2.24, 2.45) is 5.73 Å². The summed E-state index contributed by atoms with van der Waals surface area (Å²) in [6.07, 6.45) is 1.33. The minimum absolute atomic E-state index is 0.173. The Morgan fingerprint density at radius 3 is 3.00 bits per heavy atom. The van der Waals surface area contributed by atoms with E-state index in [1.807, 2.05) is 0 Å². The second-order valence-corrected chi connectivity index (χ2v) is 4.03. The van der Waals surface area contributed by atoms with Crippen molar-refractivity contribution in [1.29, 1.82) is 0 Å². The smallest absolute Gasteiger partial charge is 0.324 e. The summed E-state index contributed by atoms with van der Waals surface area (Å²) in [5.41, 5.74) is 6.00. The van der Waals surface area contributed by atoms with E-state index in [-0.39, 0.29) is 12.5 Å². The molecule has 0 amide bonds. The van der Waals surface area contributed by atoms with Crippen molar-refractivity contribution in [3.8, 4) is 5.88 Å². The van der Waals surface area contributed by atoms with Crippen LogP contribution >= 0.6 is 11.6 Å². The van der Waals surface area contributed by atoms with Crippen LogP contribution in [0.1, 0.15) is 0 Å². The lowest BCUT2D eigenvalue weighted by Crippen LogP contribution is -2.36. The number of halogens is 1. The van der Waals surface area contributed by atoms with Gasteiger partial charge in [-0.05, 0) is 18.2 Å². The number of nitrogens with zero attached hydrogens (tertiary/aromatic N) is 2. The molecule has 1 heterocycles. The van der Waals surface area contributed by atoms with Gasteiger partial charge in [0.1, 0.15) is 19.0 Å². The Morgan fingerprint density at radius 2 is 2.28 bits per heavy atom. The third kappa shape index (κ3) is 2.66. The van der Waals surface area contributed by atoms with Gasteiger partial charge in [0.15, 0.2) is 0 Å². The first kappa shape index (κ1) is 12.5. The molecular weight excluding hydrogens is 258 g/mol. The Labute approximate surface area is 107 Å². The molecule has 0 aliphatic heterocycles. The minimum atomic E-state index is -1.13. The van der Waals surface area contributed by atoms with Crippen LogP contribution in [0.25, 0.3) is 10.9 Å². The van der Waals surface area contributed by atoms with Crippen molar-refractivity contribution < 1.29 is 14.6 Å². The van der Waals surface area contributed by atoms with Gasteiger partial charge >= 0.3 is 5.97 Å². The topological polar surface area (TPSA) is 98.3 Å². The zero-order valence-corrected chi connectivity index (χ0v) is 9.96. The standard InChI is InChI=1S/C11H10ClN3O3/c12-6-1-2-9-7(3-6)10(15-5-14-9)18-4-8(13)11(16)17/h1-3,5,8H,4,13H2,(H,16,17). The Bertz CT molecular complexity index is 591. The molecule has 0 bridgehead atoms. The Hall–Kier alpha value is -1.92. The van der Waals surface area contributed by atoms with Crippen molar-refractivity contribution in [1.82, 2.24) is 9.97 Å². The molecule has 1 aromatic carbocycles. The number of nitrogens with two attached hydrogens (primary N) is 1. The molecule has 6 nitrogen and oxygen atoms in total. The summed E-state index contributed by atoms with van der Waals surface area (Å²) in [4.78, 5) is 18.6. The highest BCUT2D eigenvalue weighted by molar-refractivity contribution is 6.31. The molecule has 0 radical (unpaired) electrons. The van der Waals surface area contributed by atoms with Crippen LogP contribution < -0.4 is 10.5 Å². The minimum Gasteiger partial charge on any atom is -0.480 e. The molecule has 7 heteroatoms. The van der Waals surface area contributed by atoms with E-state index in [0.717, 1.165) is 0 Å². The van der Waals surface area contributed by atoms with E-state index in [4.69, 9.17) is 27.2 Å². The number of aromatic nitrogens is 2. The Kier molecular flexibility index (Phi) is 3.59. The van der Waals surface area contributed by atoms with Crippen LogP contribution in [-0.4, -0.2) is 33.7 Å². The number of carboxylic acids is 1. The van der Waals surface area contributed by atoms with Gasteiger partial charge in [-0.1, -0.05) is 11.6 Å². The van der Waals surface area contributed by atoms with Gasteiger partial charge in [0.05, 0.1) is 10.9 Å². The fourth-order valence-electron chi connectivity index (χ4n) is 1.36. The predicted octanol–water partition coefficient (Wildman–Crippen LogP) is 1.07. The fraction of sp³-hybridized carbons (Fsp3) is 0.182. The van der Waals surface area contributed by atoms with Crippen LogP contribution in [0, 0.1) is 0 Å². The highest BCUT2D eigenvalue weighted by Gasteiger charge is 2.13. The van der Waals surface area contributed by atoms with Crippen LogP contribution in [0.15, 0.2) is 24.5 Å². The van der Waals surface area contributed by atoms with Gasteiger partial charge < -0.3 is 15.6 Å². The third-order valence-corrected chi connectivity index (χ3v) is 2.51. The molecule has 3 N–H and O–H groups in total. The SMILES string of the molecule is NC(COc1ncnc2ccc(Cl)cc12)C(=O)O. The first-order valence-corrected chi connectivity index (χ1v) is 5.47. The average molecular weight is 268 g/mol. The van der Waals surface area contributed by atoms with Crippen molar-refractivity contribution in [2.45, 2.75) is 6.04 Å². The van der Waals surface area contributed by atoms with Crippen LogP contribution in [0.5, 0.6) is 5.88 Å². The van der Waals surface area contributed by atoms with Crippen molar-refractivity contribution in [3.05, 3.63) is 29.5 Å². The van der Waals surface area contributed by atoms with E-state index >= 15 is 0 Å². The van der Waals surface area contributed by atoms with Gasteiger partial charge in [-0.25, -0.2) is 9.97 Å². The highest BCUT2D eigenvalue weighted by Crippen LogP contribution is 2.24. The molecule has 0 saturated carbocycles. The van der Waals surface area contributed by atoms with E-state index < -0.39 is 12.0 Å². The second-order valence-electron chi connectivity index (χ2n) is 3.60. The molecule has 18 heavy (non-hydrogen) atoms. The lowest BCUT2D eigenvalue weighted by molar-refractivity contribution is -0.139. The highest BCUT2D eigenvalue weighted by atomic mass is 35.5. The van der Waals surface area contributed by atoms with E-state index in [0.29, 0.717) is 15.9 Å². The first-order chi connectivity index (χ1) is 8.58. The van der Waals surface area contributed by atoms with Gasteiger partial charge in [0.2, 0.25) is 5.88 Å².